The van der Waals surface area contributed by atoms with Crippen molar-refractivity contribution < 1.29 is 9.90 Å². The molecule has 0 unspecified atom stereocenters. The molecule has 1 rings (SSSR count). The molecular formula is C12H23NO2. The number of carbonyl (C=O) groups is 1. The van der Waals surface area contributed by atoms with Crippen LogP contribution in [-0.4, -0.2) is 35.1 Å². The minimum atomic E-state index is -0.711. The van der Waals surface area contributed by atoms with E-state index in [1.54, 1.807) is 4.90 Å². The molecule has 0 spiro atoms. The Morgan fingerprint density at radius 2 is 1.93 bits per heavy atom. The molecule has 0 heterocycles. The molecule has 0 aromatic carbocycles. The van der Waals surface area contributed by atoms with Crippen LogP contribution in [0.4, 0.5) is 0 Å². The summed E-state index contributed by atoms with van der Waals surface area (Å²) < 4.78 is 0. The first-order chi connectivity index (χ1) is 7.07. The highest BCUT2D eigenvalue weighted by Gasteiger charge is 2.32. The Labute approximate surface area is 92.5 Å². The van der Waals surface area contributed by atoms with Gasteiger partial charge in [0.25, 0.3) is 0 Å². The maximum atomic E-state index is 11.8. The van der Waals surface area contributed by atoms with Crippen molar-refractivity contribution in [3.05, 3.63) is 0 Å². The second-order valence-electron chi connectivity index (χ2n) is 4.78. The molecule has 1 saturated carbocycles. The predicted octanol–water partition coefficient (Wildman–Crippen LogP) is 1.94. The van der Waals surface area contributed by atoms with Crippen molar-refractivity contribution in [1.82, 2.24) is 4.90 Å². The quantitative estimate of drug-likeness (QED) is 0.775. The fourth-order valence-corrected chi connectivity index (χ4v) is 2.26. The maximum absolute atomic E-state index is 11.8. The second-order valence-corrected chi connectivity index (χ2v) is 4.78. The Morgan fingerprint density at radius 3 is 2.47 bits per heavy atom. The van der Waals surface area contributed by atoms with E-state index in [-0.39, 0.29) is 5.91 Å². The Kier molecular flexibility index (Phi) is 4.58. The molecule has 0 aromatic heterocycles. The van der Waals surface area contributed by atoms with Gasteiger partial charge in [-0.15, -0.1) is 0 Å². The van der Waals surface area contributed by atoms with Crippen molar-refractivity contribution in [2.45, 2.75) is 57.5 Å². The summed E-state index contributed by atoms with van der Waals surface area (Å²) in [6, 6.07) is 0. The molecule has 0 saturated heterocycles. The number of hydrogen-bond acceptors (Lipinski definition) is 2. The van der Waals surface area contributed by atoms with E-state index in [0.29, 0.717) is 6.42 Å². The minimum Gasteiger partial charge on any atom is -0.389 e. The van der Waals surface area contributed by atoms with Crippen molar-refractivity contribution in [3.8, 4) is 0 Å². The SMILES string of the molecule is CCCN(C)C(=O)CC1(O)CCCCC1. The van der Waals surface area contributed by atoms with Crippen LogP contribution in [0, 0.1) is 0 Å². The summed E-state index contributed by atoms with van der Waals surface area (Å²) in [4.78, 5) is 13.5. The molecule has 0 aromatic rings. The molecule has 0 bridgehead atoms. The number of amides is 1. The Bertz CT molecular complexity index is 210. The molecule has 88 valence electrons. The fourth-order valence-electron chi connectivity index (χ4n) is 2.26. The molecule has 0 atom stereocenters. The molecule has 15 heavy (non-hydrogen) atoms. The van der Waals surface area contributed by atoms with Gasteiger partial charge in [0.15, 0.2) is 0 Å². The van der Waals surface area contributed by atoms with Crippen LogP contribution in [-0.2, 0) is 4.79 Å². The molecule has 3 heteroatoms. The lowest BCUT2D eigenvalue weighted by Gasteiger charge is -2.32. The average Bonchev–Trinajstić information content (AvgIpc) is 2.18. The van der Waals surface area contributed by atoms with E-state index in [2.05, 4.69) is 6.92 Å². The first-order valence-electron chi connectivity index (χ1n) is 6.04. The third-order valence-corrected chi connectivity index (χ3v) is 3.25. The Hall–Kier alpha value is -0.570. The zero-order chi connectivity index (χ0) is 11.3. The summed E-state index contributed by atoms with van der Waals surface area (Å²) in [6.07, 6.45) is 6.17. The van der Waals surface area contributed by atoms with E-state index in [4.69, 9.17) is 0 Å². The number of nitrogens with zero attached hydrogens (tertiary/aromatic N) is 1. The molecule has 0 radical (unpaired) electrons. The van der Waals surface area contributed by atoms with Gasteiger partial charge in [0.2, 0.25) is 5.91 Å². The van der Waals surface area contributed by atoms with Crippen LogP contribution in [0.3, 0.4) is 0 Å². The van der Waals surface area contributed by atoms with Crippen molar-refractivity contribution >= 4 is 5.91 Å². The van der Waals surface area contributed by atoms with Gasteiger partial charge >= 0.3 is 0 Å². The summed E-state index contributed by atoms with van der Waals surface area (Å²) in [7, 11) is 1.82. The van der Waals surface area contributed by atoms with Gasteiger partial charge in [-0.3, -0.25) is 4.79 Å². The van der Waals surface area contributed by atoms with Crippen molar-refractivity contribution in [1.29, 1.82) is 0 Å². The third kappa shape index (κ3) is 3.82. The normalized spacial score (nSPS) is 19.9. The number of hydrogen-bond donors (Lipinski definition) is 1. The van der Waals surface area contributed by atoms with Gasteiger partial charge in [0, 0.05) is 13.6 Å². The van der Waals surface area contributed by atoms with E-state index in [9.17, 15) is 9.90 Å². The predicted molar refractivity (Wildman–Crippen MR) is 60.6 cm³/mol. The van der Waals surface area contributed by atoms with E-state index in [0.717, 1.165) is 38.6 Å². The Morgan fingerprint density at radius 1 is 1.33 bits per heavy atom. The van der Waals surface area contributed by atoms with E-state index >= 15 is 0 Å². The lowest BCUT2D eigenvalue weighted by molar-refractivity contribution is -0.136. The van der Waals surface area contributed by atoms with Gasteiger partial charge in [-0.2, -0.15) is 0 Å². The monoisotopic (exact) mass is 213 g/mol. The number of rotatable bonds is 4. The van der Waals surface area contributed by atoms with Gasteiger partial charge in [-0.25, -0.2) is 0 Å². The molecule has 1 aliphatic carbocycles. The molecule has 1 fully saturated rings. The second kappa shape index (κ2) is 5.50. The van der Waals surface area contributed by atoms with Crippen molar-refractivity contribution in [2.24, 2.45) is 0 Å². The summed E-state index contributed by atoms with van der Waals surface area (Å²) in [5, 5.41) is 10.2. The number of carbonyl (C=O) groups excluding carboxylic acids is 1. The largest absolute Gasteiger partial charge is 0.389 e. The van der Waals surface area contributed by atoms with Gasteiger partial charge in [0.1, 0.15) is 0 Å². The lowest BCUT2D eigenvalue weighted by Crippen LogP contribution is -2.39. The first kappa shape index (κ1) is 12.5. The van der Waals surface area contributed by atoms with E-state index in [1.165, 1.54) is 6.42 Å². The lowest BCUT2D eigenvalue weighted by atomic mass is 9.82. The van der Waals surface area contributed by atoms with Crippen molar-refractivity contribution in [3.63, 3.8) is 0 Å². The highest BCUT2D eigenvalue weighted by molar-refractivity contribution is 5.76. The average molecular weight is 213 g/mol. The standard InChI is InChI=1S/C12H23NO2/c1-3-9-13(2)11(14)10-12(15)7-5-4-6-8-12/h15H,3-10H2,1-2H3. The van der Waals surface area contributed by atoms with Crippen LogP contribution in [0.25, 0.3) is 0 Å². The topological polar surface area (TPSA) is 40.5 Å². The highest BCUT2D eigenvalue weighted by Crippen LogP contribution is 2.31. The fraction of sp³-hybridized carbons (Fsp3) is 0.917. The molecular weight excluding hydrogens is 190 g/mol. The minimum absolute atomic E-state index is 0.0845. The summed E-state index contributed by atoms with van der Waals surface area (Å²) in [5.74, 6) is 0.0845. The molecule has 1 amide bonds. The molecule has 1 aliphatic rings. The molecule has 3 nitrogen and oxygen atoms in total. The third-order valence-electron chi connectivity index (χ3n) is 3.25. The number of aliphatic hydroxyl groups is 1. The van der Waals surface area contributed by atoms with Crippen LogP contribution in [0.15, 0.2) is 0 Å². The summed E-state index contributed by atoms with van der Waals surface area (Å²) in [5.41, 5.74) is -0.711. The summed E-state index contributed by atoms with van der Waals surface area (Å²) >= 11 is 0. The highest BCUT2D eigenvalue weighted by atomic mass is 16.3. The van der Waals surface area contributed by atoms with Crippen LogP contribution < -0.4 is 0 Å². The van der Waals surface area contributed by atoms with Gasteiger partial charge < -0.3 is 10.0 Å². The first-order valence-corrected chi connectivity index (χ1v) is 6.04. The maximum Gasteiger partial charge on any atom is 0.225 e. The smallest absolute Gasteiger partial charge is 0.225 e. The van der Waals surface area contributed by atoms with Crippen LogP contribution in [0.5, 0.6) is 0 Å². The molecule has 0 aliphatic heterocycles. The van der Waals surface area contributed by atoms with Gasteiger partial charge in [0.05, 0.1) is 12.0 Å². The van der Waals surface area contributed by atoms with E-state index < -0.39 is 5.60 Å². The Balaban J connectivity index is 2.41. The van der Waals surface area contributed by atoms with Crippen LogP contribution in [0.1, 0.15) is 51.9 Å². The zero-order valence-electron chi connectivity index (χ0n) is 9.96. The van der Waals surface area contributed by atoms with Crippen LogP contribution in [0.2, 0.25) is 0 Å². The zero-order valence-corrected chi connectivity index (χ0v) is 9.96. The summed E-state index contributed by atoms with van der Waals surface area (Å²) in [6.45, 7) is 2.84. The van der Waals surface area contributed by atoms with Crippen LogP contribution >= 0.6 is 0 Å². The van der Waals surface area contributed by atoms with E-state index in [1.807, 2.05) is 7.05 Å². The molecule has 1 N–H and O–H groups in total. The van der Waals surface area contributed by atoms with Gasteiger partial charge in [-0.05, 0) is 19.3 Å². The van der Waals surface area contributed by atoms with Crippen molar-refractivity contribution in [2.75, 3.05) is 13.6 Å². The van der Waals surface area contributed by atoms with Gasteiger partial charge in [-0.1, -0.05) is 26.2 Å².